The minimum Gasteiger partial charge on any atom is -0.334 e. The first-order chi connectivity index (χ1) is 14.6. The molecule has 0 saturated carbocycles. The van der Waals surface area contributed by atoms with E-state index in [-0.39, 0.29) is 17.3 Å². The highest BCUT2D eigenvalue weighted by Gasteiger charge is 2.24. The Hall–Kier alpha value is -4.07. The number of fused-ring (bicyclic) bond motifs is 1. The lowest BCUT2D eigenvalue weighted by atomic mass is 10.1. The number of nitro groups is 1. The molecule has 0 radical (unpaired) electrons. The Labute approximate surface area is 173 Å². The van der Waals surface area contributed by atoms with Crippen LogP contribution in [-0.2, 0) is 6.42 Å². The second-order valence-corrected chi connectivity index (χ2v) is 6.76. The summed E-state index contributed by atoms with van der Waals surface area (Å²) in [5.41, 5.74) is 3.97. The van der Waals surface area contributed by atoms with Gasteiger partial charge in [-0.15, -0.1) is 0 Å². The molecule has 8 nitrogen and oxygen atoms in total. The van der Waals surface area contributed by atoms with Crippen LogP contribution in [0.25, 0.3) is 10.9 Å². The maximum atomic E-state index is 11.9. The summed E-state index contributed by atoms with van der Waals surface area (Å²) in [6.45, 7) is 3.94. The van der Waals surface area contributed by atoms with Crippen molar-refractivity contribution in [3.05, 3.63) is 82.3 Å². The Morgan fingerprint density at radius 3 is 2.37 bits per heavy atom. The monoisotopic (exact) mass is 400 g/mol. The first-order valence-electron chi connectivity index (χ1n) is 9.54. The van der Waals surface area contributed by atoms with E-state index in [4.69, 9.17) is 0 Å². The number of rotatable bonds is 6. The minimum atomic E-state index is -0.479. The molecule has 4 aromatic rings. The number of pyridine rings is 1. The first-order valence-corrected chi connectivity index (χ1v) is 9.54. The molecular weight excluding hydrogens is 380 g/mol. The molecule has 0 amide bonds. The van der Waals surface area contributed by atoms with Gasteiger partial charge in [-0.2, -0.15) is 0 Å². The van der Waals surface area contributed by atoms with Crippen LogP contribution in [0.15, 0.2) is 60.9 Å². The first kappa shape index (κ1) is 19.3. The Kier molecular flexibility index (Phi) is 5.21. The number of aromatic nitrogens is 3. The molecule has 0 bridgehead atoms. The summed E-state index contributed by atoms with van der Waals surface area (Å²) >= 11 is 0. The average Bonchev–Trinajstić information content (AvgIpc) is 2.74. The Bertz CT molecular complexity index is 1240. The summed E-state index contributed by atoms with van der Waals surface area (Å²) in [7, 11) is 0. The standard InChI is InChI=1S/C22H20N6O2/c1-3-15-7-4-5-8-17(15)26-21-20(28(29)30)22(24-13-23-21)27-19-10-6-9-18-16(19)12-11-14(2)25-18/h4-13H,3H2,1-2H3,(H2,23,24,26,27). The summed E-state index contributed by atoms with van der Waals surface area (Å²) in [5, 5.41) is 19.0. The topological polar surface area (TPSA) is 106 Å². The summed E-state index contributed by atoms with van der Waals surface area (Å²) in [6, 6.07) is 17.1. The largest absolute Gasteiger partial charge is 0.353 e. The molecule has 0 atom stereocenters. The van der Waals surface area contributed by atoms with Crippen molar-refractivity contribution in [2.24, 2.45) is 0 Å². The van der Waals surface area contributed by atoms with Gasteiger partial charge in [0.15, 0.2) is 0 Å². The van der Waals surface area contributed by atoms with E-state index >= 15 is 0 Å². The third kappa shape index (κ3) is 3.75. The minimum absolute atomic E-state index is 0.111. The van der Waals surface area contributed by atoms with E-state index in [0.29, 0.717) is 5.69 Å². The van der Waals surface area contributed by atoms with Crippen molar-refractivity contribution in [1.82, 2.24) is 15.0 Å². The zero-order chi connectivity index (χ0) is 21.1. The van der Waals surface area contributed by atoms with Crippen molar-refractivity contribution in [2.75, 3.05) is 10.6 Å². The zero-order valence-corrected chi connectivity index (χ0v) is 16.6. The molecule has 150 valence electrons. The van der Waals surface area contributed by atoms with Crippen molar-refractivity contribution in [3.63, 3.8) is 0 Å². The van der Waals surface area contributed by atoms with Gasteiger partial charge in [-0.05, 0) is 49.2 Å². The molecule has 2 aromatic heterocycles. The van der Waals surface area contributed by atoms with Gasteiger partial charge in [-0.1, -0.05) is 31.2 Å². The van der Waals surface area contributed by atoms with Crippen LogP contribution in [0, 0.1) is 17.0 Å². The third-order valence-corrected chi connectivity index (χ3v) is 4.78. The molecular formula is C22H20N6O2. The number of benzene rings is 2. The normalized spacial score (nSPS) is 10.7. The van der Waals surface area contributed by atoms with Crippen LogP contribution in [0.4, 0.5) is 28.7 Å². The summed E-state index contributed by atoms with van der Waals surface area (Å²) in [5.74, 6) is 0.243. The number of nitrogens with one attached hydrogen (secondary N) is 2. The van der Waals surface area contributed by atoms with E-state index in [0.717, 1.165) is 34.3 Å². The van der Waals surface area contributed by atoms with E-state index in [2.05, 4.69) is 25.6 Å². The highest BCUT2D eigenvalue weighted by molar-refractivity contribution is 5.94. The third-order valence-electron chi connectivity index (χ3n) is 4.78. The molecule has 0 aliphatic rings. The molecule has 0 unspecified atom stereocenters. The fourth-order valence-corrected chi connectivity index (χ4v) is 3.31. The van der Waals surface area contributed by atoms with Crippen LogP contribution in [0.3, 0.4) is 0 Å². The highest BCUT2D eigenvalue weighted by atomic mass is 16.6. The number of para-hydroxylation sites is 1. The number of hydrogen-bond donors (Lipinski definition) is 2. The van der Waals surface area contributed by atoms with Gasteiger partial charge in [-0.3, -0.25) is 15.1 Å². The van der Waals surface area contributed by atoms with Crippen molar-refractivity contribution >= 4 is 39.6 Å². The summed E-state index contributed by atoms with van der Waals surface area (Å²) in [4.78, 5) is 24.2. The van der Waals surface area contributed by atoms with Gasteiger partial charge in [0.2, 0.25) is 11.6 Å². The van der Waals surface area contributed by atoms with E-state index < -0.39 is 4.92 Å². The lowest BCUT2D eigenvalue weighted by Gasteiger charge is -2.13. The van der Waals surface area contributed by atoms with Gasteiger partial charge in [-0.25, -0.2) is 9.97 Å². The van der Waals surface area contributed by atoms with E-state index in [1.165, 1.54) is 6.33 Å². The fraction of sp³-hybridized carbons (Fsp3) is 0.136. The lowest BCUT2D eigenvalue weighted by molar-refractivity contribution is -0.383. The molecule has 2 aromatic carbocycles. The van der Waals surface area contributed by atoms with Crippen LogP contribution in [0.5, 0.6) is 0 Å². The predicted molar refractivity (Wildman–Crippen MR) is 118 cm³/mol. The Morgan fingerprint density at radius 1 is 0.933 bits per heavy atom. The quantitative estimate of drug-likeness (QED) is 0.334. The number of anilines is 4. The lowest BCUT2D eigenvalue weighted by Crippen LogP contribution is -2.06. The maximum absolute atomic E-state index is 11.9. The fourth-order valence-electron chi connectivity index (χ4n) is 3.31. The van der Waals surface area contributed by atoms with Crippen LogP contribution in [-0.4, -0.2) is 19.9 Å². The second-order valence-electron chi connectivity index (χ2n) is 6.76. The van der Waals surface area contributed by atoms with Crippen LogP contribution in [0.2, 0.25) is 0 Å². The molecule has 8 heteroatoms. The van der Waals surface area contributed by atoms with E-state index in [9.17, 15) is 10.1 Å². The number of aryl methyl sites for hydroxylation is 2. The summed E-state index contributed by atoms with van der Waals surface area (Å²) < 4.78 is 0. The average molecular weight is 400 g/mol. The van der Waals surface area contributed by atoms with Gasteiger partial charge in [0, 0.05) is 22.5 Å². The predicted octanol–water partition coefficient (Wildman–Crippen LogP) is 5.29. The molecule has 2 N–H and O–H groups in total. The molecule has 4 rings (SSSR count). The van der Waals surface area contributed by atoms with Crippen molar-refractivity contribution in [2.45, 2.75) is 20.3 Å². The van der Waals surface area contributed by atoms with Crippen molar-refractivity contribution < 1.29 is 4.92 Å². The maximum Gasteiger partial charge on any atom is 0.353 e. The van der Waals surface area contributed by atoms with Crippen molar-refractivity contribution in [3.8, 4) is 0 Å². The van der Waals surface area contributed by atoms with Gasteiger partial charge < -0.3 is 10.6 Å². The molecule has 0 aliphatic heterocycles. The van der Waals surface area contributed by atoms with E-state index in [1.54, 1.807) is 0 Å². The molecule has 2 heterocycles. The van der Waals surface area contributed by atoms with Crippen LogP contribution in [0.1, 0.15) is 18.2 Å². The smallest absolute Gasteiger partial charge is 0.334 e. The van der Waals surface area contributed by atoms with Gasteiger partial charge in [0.1, 0.15) is 6.33 Å². The molecule has 0 spiro atoms. The Balaban J connectivity index is 1.77. The molecule has 0 aliphatic carbocycles. The van der Waals surface area contributed by atoms with Crippen molar-refractivity contribution in [1.29, 1.82) is 0 Å². The van der Waals surface area contributed by atoms with E-state index in [1.807, 2.05) is 68.4 Å². The van der Waals surface area contributed by atoms with Gasteiger partial charge in [0.25, 0.3) is 0 Å². The molecule has 30 heavy (non-hydrogen) atoms. The van der Waals surface area contributed by atoms with Crippen LogP contribution < -0.4 is 10.6 Å². The molecule has 0 fully saturated rings. The number of nitrogens with zero attached hydrogens (tertiary/aromatic N) is 4. The highest BCUT2D eigenvalue weighted by Crippen LogP contribution is 2.35. The number of hydrogen-bond acceptors (Lipinski definition) is 7. The molecule has 0 saturated heterocycles. The Morgan fingerprint density at radius 2 is 1.63 bits per heavy atom. The van der Waals surface area contributed by atoms with Gasteiger partial charge >= 0.3 is 5.69 Å². The SMILES string of the molecule is CCc1ccccc1Nc1ncnc(Nc2cccc3nc(C)ccc23)c1[N+](=O)[O-]. The van der Waals surface area contributed by atoms with Crippen LogP contribution >= 0.6 is 0 Å². The second kappa shape index (κ2) is 8.12. The zero-order valence-electron chi connectivity index (χ0n) is 16.6. The van der Waals surface area contributed by atoms with Gasteiger partial charge in [0.05, 0.1) is 10.4 Å². The summed E-state index contributed by atoms with van der Waals surface area (Å²) in [6.07, 6.45) is 2.09.